The first-order valence-electron chi connectivity index (χ1n) is 4.16. The lowest BCUT2D eigenvalue weighted by Gasteiger charge is -1.94. The molecule has 1 N–H and O–H groups in total. The van der Waals surface area contributed by atoms with Crippen LogP contribution in [0.25, 0.3) is 0 Å². The lowest BCUT2D eigenvalue weighted by atomic mass is 10.3. The zero-order chi connectivity index (χ0) is 7.94. The Morgan fingerprint density at radius 2 is 2.45 bits per heavy atom. The molecule has 0 atom stereocenters. The molecule has 2 nitrogen and oxygen atoms in total. The number of hydrogen-bond acceptors (Lipinski definition) is 1. The molecular formula is C8H14N2Si. The van der Waals surface area contributed by atoms with Crippen LogP contribution >= 0.6 is 0 Å². The molecule has 1 aromatic heterocycles. The molecule has 0 fully saturated rings. The molecule has 0 unspecified atom stereocenters. The summed E-state index contributed by atoms with van der Waals surface area (Å²) in [6.07, 6.45) is 7.72. The van der Waals surface area contributed by atoms with Gasteiger partial charge in [-0.1, -0.05) is 32.2 Å². The van der Waals surface area contributed by atoms with Crippen molar-refractivity contribution in [3.8, 4) is 0 Å². The average molecular weight is 166 g/mol. The third kappa shape index (κ3) is 3.37. The Hall–Kier alpha value is -0.573. The van der Waals surface area contributed by atoms with Gasteiger partial charge in [0.05, 0.1) is 5.45 Å². The first-order chi connectivity index (χ1) is 5.43. The van der Waals surface area contributed by atoms with Crippen LogP contribution < -0.4 is 5.45 Å². The molecule has 0 aliphatic heterocycles. The van der Waals surface area contributed by atoms with E-state index in [2.05, 4.69) is 16.9 Å². The zero-order valence-electron chi connectivity index (χ0n) is 6.93. The molecule has 0 saturated heterocycles. The predicted molar refractivity (Wildman–Crippen MR) is 48.3 cm³/mol. The molecule has 1 heterocycles. The molecular weight excluding hydrogens is 152 g/mol. The SMILES string of the molecule is CCCCC[Si]c1ncc[nH]1. The number of rotatable bonds is 5. The summed E-state index contributed by atoms with van der Waals surface area (Å²) >= 11 is 0. The van der Waals surface area contributed by atoms with Gasteiger partial charge in [0.15, 0.2) is 0 Å². The highest BCUT2D eigenvalue weighted by Gasteiger charge is 1.94. The number of hydrogen-bond donors (Lipinski definition) is 1. The highest BCUT2D eigenvalue weighted by molar-refractivity contribution is 6.51. The van der Waals surface area contributed by atoms with Crippen LogP contribution in [0.2, 0.25) is 6.04 Å². The minimum atomic E-state index is 0.872. The maximum absolute atomic E-state index is 4.17. The standard InChI is InChI=1S/C8H14N2Si/c1-2-3-4-7-11-8-9-5-6-10-8/h5-6H,2-4,7H2,1H3,(H,9,10). The second-order valence-electron chi connectivity index (χ2n) is 2.57. The van der Waals surface area contributed by atoms with Crippen LogP contribution in [0, 0.1) is 0 Å². The Morgan fingerprint density at radius 1 is 1.55 bits per heavy atom. The van der Waals surface area contributed by atoms with Crippen molar-refractivity contribution in [1.29, 1.82) is 0 Å². The van der Waals surface area contributed by atoms with Crippen molar-refractivity contribution in [1.82, 2.24) is 9.97 Å². The summed E-state index contributed by atoms with van der Waals surface area (Å²) in [6.45, 7) is 2.23. The molecule has 0 aromatic carbocycles. The van der Waals surface area contributed by atoms with Gasteiger partial charge in [0.25, 0.3) is 0 Å². The third-order valence-electron chi connectivity index (χ3n) is 1.57. The van der Waals surface area contributed by atoms with Crippen LogP contribution in [-0.2, 0) is 0 Å². The fraction of sp³-hybridized carbons (Fsp3) is 0.625. The summed E-state index contributed by atoms with van der Waals surface area (Å²) < 4.78 is 0. The van der Waals surface area contributed by atoms with E-state index < -0.39 is 0 Å². The quantitative estimate of drug-likeness (QED) is 0.519. The molecule has 60 valence electrons. The average Bonchev–Trinajstić information content (AvgIpc) is 2.50. The Balaban J connectivity index is 2.04. The Morgan fingerprint density at radius 3 is 3.09 bits per heavy atom. The molecule has 1 rings (SSSR count). The second-order valence-corrected chi connectivity index (χ2v) is 3.90. The number of imidazole rings is 1. The van der Waals surface area contributed by atoms with Gasteiger partial charge < -0.3 is 4.98 Å². The van der Waals surface area contributed by atoms with E-state index in [-0.39, 0.29) is 0 Å². The van der Waals surface area contributed by atoms with Crippen LogP contribution in [0.3, 0.4) is 0 Å². The Bertz CT molecular complexity index is 172. The van der Waals surface area contributed by atoms with Crippen molar-refractivity contribution < 1.29 is 0 Å². The Kier molecular flexibility index (Phi) is 3.97. The van der Waals surface area contributed by atoms with Gasteiger partial charge in [-0.3, -0.25) is 0 Å². The minimum absolute atomic E-state index is 0.872. The van der Waals surface area contributed by atoms with Crippen molar-refractivity contribution in [2.24, 2.45) is 0 Å². The first kappa shape index (κ1) is 8.52. The highest BCUT2D eigenvalue weighted by atomic mass is 28.2. The van der Waals surface area contributed by atoms with Gasteiger partial charge in [-0.05, 0) is 0 Å². The molecule has 0 amide bonds. The topological polar surface area (TPSA) is 28.7 Å². The third-order valence-corrected chi connectivity index (χ3v) is 2.78. The molecule has 0 saturated carbocycles. The van der Waals surface area contributed by atoms with Crippen molar-refractivity contribution >= 4 is 15.0 Å². The maximum Gasteiger partial charge on any atom is 0.132 e. The number of aromatic amines is 1. The van der Waals surface area contributed by atoms with E-state index >= 15 is 0 Å². The number of nitrogens with zero attached hydrogens (tertiary/aromatic N) is 1. The van der Waals surface area contributed by atoms with E-state index in [1.807, 2.05) is 12.4 Å². The van der Waals surface area contributed by atoms with Crippen LogP contribution in [0.1, 0.15) is 26.2 Å². The number of aromatic nitrogens is 2. The molecule has 0 aliphatic rings. The molecule has 0 aliphatic carbocycles. The lowest BCUT2D eigenvalue weighted by molar-refractivity contribution is 0.769. The summed E-state index contributed by atoms with van der Waals surface area (Å²) in [5.74, 6) is 0. The van der Waals surface area contributed by atoms with Crippen molar-refractivity contribution in [2.75, 3.05) is 0 Å². The monoisotopic (exact) mass is 166 g/mol. The molecule has 3 heteroatoms. The van der Waals surface area contributed by atoms with E-state index in [1.54, 1.807) is 0 Å². The van der Waals surface area contributed by atoms with Gasteiger partial charge in [0, 0.05) is 12.4 Å². The fourth-order valence-electron chi connectivity index (χ4n) is 0.944. The smallest absolute Gasteiger partial charge is 0.132 e. The minimum Gasteiger partial charge on any atom is -0.353 e. The summed E-state index contributed by atoms with van der Waals surface area (Å²) in [4.78, 5) is 7.29. The fourth-order valence-corrected chi connectivity index (χ4v) is 1.96. The molecule has 0 bridgehead atoms. The van der Waals surface area contributed by atoms with Gasteiger partial charge in [-0.2, -0.15) is 0 Å². The summed E-state index contributed by atoms with van der Waals surface area (Å²) in [5, 5.41) is 0. The normalized spacial score (nSPS) is 10.3. The van der Waals surface area contributed by atoms with E-state index in [0.29, 0.717) is 0 Å². The largest absolute Gasteiger partial charge is 0.353 e. The van der Waals surface area contributed by atoms with Crippen molar-refractivity contribution in [3.05, 3.63) is 12.4 Å². The van der Waals surface area contributed by atoms with Crippen molar-refractivity contribution in [2.45, 2.75) is 32.2 Å². The maximum atomic E-state index is 4.17. The van der Waals surface area contributed by atoms with Crippen molar-refractivity contribution in [3.63, 3.8) is 0 Å². The second kappa shape index (κ2) is 5.13. The summed E-state index contributed by atoms with van der Waals surface area (Å²) in [5.41, 5.74) is 1.15. The lowest BCUT2D eigenvalue weighted by Crippen LogP contribution is -2.17. The first-order valence-corrected chi connectivity index (χ1v) is 5.37. The zero-order valence-corrected chi connectivity index (χ0v) is 7.93. The molecule has 0 spiro atoms. The van der Waals surface area contributed by atoms with Gasteiger partial charge in [-0.25, -0.2) is 4.98 Å². The molecule has 11 heavy (non-hydrogen) atoms. The number of H-pyrrole nitrogens is 1. The van der Waals surface area contributed by atoms with Crippen LogP contribution in [0.5, 0.6) is 0 Å². The number of unbranched alkanes of at least 4 members (excludes halogenated alkanes) is 2. The van der Waals surface area contributed by atoms with E-state index in [9.17, 15) is 0 Å². The van der Waals surface area contributed by atoms with Crippen LogP contribution in [-0.4, -0.2) is 19.5 Å². The predicted octanol–water partition coefficient (Wildman–Crippen LogP) is 1.35. The van der Waals surface area contributed by atoms with Gasteiger partial charge in [-0.15, -0.1) is 0 Å². The van der Waals surface area contributed by atoms with Crippen LogP contribution in [0.15, 0.2) is 12.4 Å². The molecule has 2 radical (unpaired) electrons. The van der Waals surface area contributed by atoms with Gasteiger partial charge in [0.1, 0.15) is 9.52 Å². The summed E-state index contributed by atoms with van der Waals surface area (Å²) in [6, 6.07) is 1.29. The van der Waals surface area contributed by atoms with Gasteiger partial charge in [0.2, 0.25) is 0 Å². The Labute approximate surface area is 70.3 Å². The van der Waals surface area contributed by atoms with E-state index in [1.165, 1.54) is 25.3 Å². The molecule has 1 aromatic rings. The highest BCUT2D eigenvalue weighted by Crippen LogP contribution is 1.97. The van der Waals surface area contributed by atoms with Gasteiger partial charge >= 0.3 is 0 Å². The van der Waals surface area contributed by atoms with E-state index in [0.717, 1.165) is 15.0 Å². The van der Waals surface area contributed by atoms with Crippen LogP contribution in [0.4, 0.5) is 0 Å². The number of nitrogens with one attached hydrogen (secondary N) is 1. The summed E-state index contributed by atoms with van der Waals surface area (Å²) in [7, 11) is 0.872. The van der Waals surface area contributed by atoms with E-state index in [4.69, 9.17) is 0 Å².